The molecule has 190 valence electrons. The number of carbonyl (C=O) groups excluding carboxylic acids is 1. The molecule has 1 amide bonds. The first-order valence-electron chi connectivity index (χ1n) is 12.0. The van der Waals surface area contributed by atoms with Gasteiger partial charge in [-0.05, 0) is 63.0 Å². The Morgan fingerprint density at radius 2 is 1.88 bits per heavy atom. The van der Waals surface area contributed by atoms with Gasteiger partial charge in [-0.25, -0.2) is 8.42 Å². The molecule has 0 aliphatic carbocycles. The van der Waals surface area contributed by atoms with Gasteiger partial charge in [-0.3, -0.25) is 4.79 Å². The average molecular weight is 516 g/mol. The summed E-state index contributed by atoms with van der Waals surface area (Å²) in [5, 5.41) is 13.7. The third kappa shape index (κ3) is 6.48. The molecule has 4 rings (SSSR count). The van der Waals surface area contributed by atoms with E-state index < -0.39 is 28.3 Å². The molecule has 0 saturated carbocycles. The van der Waals surface area contributed by atoms with Crippen LogP contribution in [0, 0.1) is 0 Å². The fourth-order valence-corrected chi connectivity index (χ4v) is 6.79. The van der Waals surface area contributed by atoms with Crippen molar-refractivity contribution in [1.29, 1.82) is 0 Å². The van der Waals surface area contributed by atoms with Gasteiger partial charge in [-0.2, -0.15) is 4.31 Å². The number of hydrogen-bond acceptors (Lipinski definition) is 7. The highest BCUT2D eigenvalue weighted by molar-refractivity contribution is 7.89. The molecule has 2 N–H and O–H groups in total. The Hall–Kier alpha value is -1.27. The number of benzene rings is 1. The van der Waals surface area contributed by atoms with Crippen LogP contribution in [0.15, 0.2) is 29.2 Å². The van der Waals surface area contributed by atoms with E-state index in [1.807, 2.05) is 0 Å². The molecule has 1 aromatic carbocycles. The van der Waals surface area contributed by atoms with Crippen molar-refractivity contribution >= 4 is 27.5 Å². The molecule has 3 aliphatic rings. The fourth-order valence-electron chi connectivity index (χ4n) is 4.95. The zero-order chi connectivity index (χ0) is 24.1. The average Bonchev–Trinajstić information content (AvgIpc) is 3.30. The van der Waals surface area contributed by atoms with E-state index in [9.17, 15) is 18.3 Å². The number of likely N-dealkylation sites (tertiary alicyclic amines) is 1. The van der Waals surface area contributed by atoms with Gasteiger partial charge in [0.1, 0.15) is 0 Å². The zero-order valence-electron chi connectivity index (χ0n) is 19.3. The second kappa shape index (κ2) is 11.6. The Labute approximate surface area is 206 Å². The Bertz CT molecular complexity index is 925. The van der Waals surface area contributed by atoms with E-state index in [0.717, 1.165) is 19.6 Å². The van der Waals surface area contributed by atoms with Gasteiger partial charge in [0.2, 0.25) is 15.9 Å². The summed E-state index contributed by atoms with van der Waals surface area (Å²) in [4.78, 5) is 14.9. The molecule has 11 heteroatoms. The van der Waals surface area contributed by atoms with Crippen molar-refractivity contribution in [3.8, 4) is 0 Å². The predicted molar refractivity (Wildman–Crippen MR) is 127 cm³/mol. The first-order valence-corrected chi connectivity index (χ1v) is 13.8. The molecule has 3 fully saturated rings. The SMILES string of the molecule is O=C(C[C@@H]1CC[C@@H]2[C@H](COC[C@H](O)CN2S(=O)(=O)c2ccc(Cl)cc2)O1)NCCN1CCCC1. The third-order valence-corrected chi connectivity index (χ3v) is 8.87. The number of β-amino-alcohol motifs (C(OH)–C–C–N with tert-alkyl or cyclic N) is 1. The van der Waals surface area contributed by atoms with Crippen LogP contribution < -0.4 is 5.32 Å². The van der Waals surface area contributed by atoms with E-state index in [1.54, 1.807) is 0 Å². The van der Waals surface area contributed by atoms with E-state index in [-0.39, 0.29) is 43.1 Å². The molecular weight excluding hydrogens is 482 g/mol. The highest BCUT2D eigenvalue weighted by Crippen LogP contribution is 2.31. The van der Waals surface area contributed by atoms with Crippen molar-refractivity contribution in [2.75, 3.05) is 45.9 Å². The molecular formula is C23H34ClN3O6S. The van der Waals surface area contributed by atoms with Gasteiger partial charge < -0.3 is 24.8 Å². The molecule has 34 heavy (non-hydrogen) atoms. The van der Waals surface area contributed by atoms with Crippen LogP contribution in [0.1, 0.15) is 32.1 Å². The maximum Gasteiger partial charge on any atom is 0.243 e. The molecule has 1 aromatic rings. The second-order valence-corrected chi connectivity index (χ2v) is 11.6. The summed E-state index contributed by atoms with van der Waals surface area (Å²) in [5.74, 6) is -0.0597. The lowest BCUT2D eigenvalue weighted by atomic mass is 9.96. The van der Waals surface area contributed by atoms with Crippen molar-refractivity contribution in [3.05, 3.63) is 29.3 Å². The van der Waals surface area contributed by atoms with Crippen LogP contribution >= 0.6 is 11.6 Å². The van der Waals surface area contributed by atoms with Gasteiger partial charge >= 0.3 is 0 Å². The first-order chi connectivity index (χ1) is 16.3. The van der Waals surface area contributed by atoms with E-state index in [0.29, 0.717) is 24.4 Å². The molecule has 3 aliphatic heterocycles. The Balaban J connectivity index is 1.38. The number of aliphatic hydroxyl groups is 1. The maximum absolute atomic E-state index is 13.5. The van der Waals surface area contributed by atoms with Gasteiger partial charge in [0, 0.05) is 24.7 Å². The number of hydrogen-bond donors (Lipinski definition) is 2. The maximum atomic E-state index is 13.5. The number of nitrogens with one attached hydrogen (secondary N) is 1. The van der Waals surface area contributed by atoms with Crippen molar-refractivity contribution in [2.45, 2.75) is 61.4 Å². The minimum Gasteiger partial charge on any atom is -0.389 e. The summed E-state index contributed by atoms with van der Waals surface area (Å²) in [6, 6.07) is 5.50. The highest BCUT2D eigenvalue weighted by atomic mass is 35.5. The zero-order valence-corrected chi connectivity index (χ0v) is 20.8. The first kappa shape index (κ1) is 25.8. The van der Waals surface area contributed by atoms with Crippen molar-refractivity contribution in [1.82, 2.24) is 14.5 Å². The number of rotatable bonds is 7. The van der Waals surface area contributed by atoms with E-state index in [1.165, 1.54) is 41.4 Å². The minimum atomic E-state index is -3.89. The van der Waals surface area contributed by atoms with Crippen LogP contribution in [0.3, 0.4) is 0 Å². The second-order valence-electron chi connectivity index (χ2n) is 9.26. The summed E-state index contributed by atoms with van der Waals surface area (Å²) in [6.45, 7) is 3.74. The van der Waals surface area contributed by atoms with Crippen LogP contribution in [0.5, 0.6) is 0 Å². The van der Waals surface area contributed by atoms with Crippen LogP contribution in [-0.2, 0) is 24.3 Å². The van der Waals surface area contributed by atoms with Crippen LogP contribution in [0.2, 0.25) is 5.02 Å². The standard InChI is InChI=1S/C23H34ClN3O6S/c24-17-3-6-20(7-4-17)34(30,31)27-14-18(28)15-32-16-22-21(27)8-5-19(33-22)13-23(29)25-9-12-26-10-1-2-11-26/h3-4,6-7,18-19,21-22,28H,1-2,5,8-16H2,(H,25,29)/t18-,19+,21-,22+/m1/s1. The quantitative estimate of drug-likeness (QED) is 0.562. The highest BCUT2D eigenvalue weighted by Gasteiger charge is 2.43. The number of halogens is 1. The number of sulfonamides is 1. The molecule has 4 atom stereocenters. The fraction of sp³-hybridized carbons (Fsp3) is 0.696. The summed E-state index contributed by atoms with van der Waals surface area (Å²) < 4.78 is 40.0. The van der Waals surface area contributed by atoms with Crippen molar-refractivity contribution in [3.63, 3.8) is 0 Å². The topological polar surface area (TPSA) is 108 Å². The van der Waals surface area contributed by atoms with Gasteiger partial charge in [0.05, 0.1) is 48.9 Å². The number of amides is 1. The lowest BCUT2D eigenvalue weighted by Gasteiger charge is -2.43. The van der Waals surface area contributed by atoms with Crippen LogP contribution in [-0.4, -0.2) is 98.9 Å². The molecule has 0 spiro atoms. The van der Waals surface area contributed by atoms with E-state index >= 15 is 0 Å². The van der Waals surface area contributed by atoms with E-state index in [2.05, 4.69) is 10.2 Å². The molecule has 0 bridgehead atoms. The number of nitrogens with zero attached hydrogens (tertiary/aromatic N) is 2. The van der Waals surface area contributed by atoms with Crippen molar-refractivity contribution in [2.24, 2.45) is 0 Å². The molecule has 0 radical (unpaired) electrons. The van der Waals surface area contributed by atoms with Gasteiger partial charge in [-0.1, -0.05) is 11.6 Å². The summed E-state index contributed by atoms with van der Waals surface area (Å²) in [5.41, 5.74) is 0. The molecule has 0 unspecified atom stereocenters. The van der Waals surface area contributed by atoms with Gasteiger partial charge in [0.15, 0.2) is 0 Å². The Morgan fingerprint density at radius 1 is 1.15 bits per heavy atom. The van der Waals surface area contributed by atoms with E-state index in [4.69, 9.17) is 21.1 Å². The smallest absolute Gasteiger partial charge is 0.243 e. The number of ether oxygens (including phenoxy) is 2. The molecule has 9 nitrogen and oxygen atoms in total. The molecule has 3 saturated heterocycles. The molecule has 3 heterocycles. The Kier molecular flexibility index (Phi) is 8.84. The monoisotopic (exact) mass is 515 g/mol. The summed E-state index contributed by atoms with van der Waals surface area (Å²) in [6.07, 6.45) is 1.96. The number of carbonyl (C=O) groups is 1. The lowest BCUT2D eigenvalue weighted by molar-refractivity contribution is -0.146. The predicted octanol–water partition coefficient (Wildman–Crippen LogP) is 1.24. The van der Waals surface area contributed by atoms with Crippen LogP contribution in [0.25, 0.3) is 0 Å². The van der Waals surface area contributed by atoms with Crippen molar-refractivity contribution < 1.29 is 27.8 Å². The largest absolute Gasteiger partial charge is 0.389 e. The third-order valence-electron chi connectivity index (χ3n) is 6.72. The van der Waals surface area contributed by atoms with Gasteiger partial charge in [-0.15, -0.1) is 0 Å². The summed E-state index contributed by atoms with van der Waals surface area (Å²) in [7, 11) is -3.89. The lowest BCUT2D eigenvalue weighted by Crippen LogP contribution is -2.57. The van der Waals surface area contributed by atoms with Crippen LogP contribution in [0.4, 0.5) is 0 Å². The molecule has 0 aromatic heterocycles. The normalized spacial score (nSPS) is 29.2. The Morgan fingerprint density at radius 3 is 2.62 bits per heavy atom. The minimum absolute atomic E-state index is 0.0148. The summed E-state index contributed by atoms with van der Waals surface area (Å²) >= 11 is 5.93. The number of fused-ring (bicyclic) bond motifs is 1. The van der Waals surface area contributed by atoms with Gasteiger partial charge in [0.25, 0.3) is 0 Å². The number of aliphatic hydroxyl groups excluding tert-OH is 1.